The average Bonchev–Trinajstić information content (AvgIpc) is 2.81. The molecule has 0 aliphatic carbocycles. The molecule has 0 saturated carbocycles. The van der Waals surface area contributed by atoms with E-state index >= 15 is 0 Å². The topological polar surface area (TPSA) is 103 Å². The number of aromatic nitrogens is 3. The highest BCUT2D eigenvalue weighted by Crippen LogP contribution is 2.26. The molecule has 0 unspecified atom stereocenters. The summed E-state index contributed by atoms with van der Waals surface area (Å²) < 4.78 is 59.2. The fraction of sp³-hybridized carbons (Fsp3) is 0.286. The average molecular weight is 497 g/mol. The van der Waals surface area contributed by atoms with Gasteiger partial charge in [-0.3, -0.25) is 4.79 Å². The van der Waals surface area contributed by atoms with Crippen LogP contribution in [0.1, 0.15) is 12.8 Å². The molecule has 0 bridgehead atoms. The molecule has 174 valence electrons. The summed E-state index contributed by atoms with van der Waals surface area (Å²) in [6, 6.07) is 6.90. The van der Waals surface area contributed by atoms with E-state index in [1.54, 1.807) is 0 Å². The summed E-state index contributed by atoms with van der Waals surface area (Å²) in [5, 5.41) is 6.36. The van der Waals surface area contributed by atoms with Crippen LogP contribution >= 0.6 is 11.6 Å². The number of halogens is 3. The van der Waals surface area contributed by atoms with E-state index in [4.69, 9.17) is 16.3 Å². The van der Waals surface area contributed by atoms with Crippen LogP contribution in [0.3, 0.4) is 0 Å². The highest BCUT2D eigenvalue weighted by atomic mass is 35.5. The summed E-state index contributed by atoms with van der Waals surface area (Å²) in [5.41, 5.74) is -1.91. The van der Waals surface area contributed by atoms with E-state index in [1.165, 1.54) is 18.3 Å². The van der Waals surface area contributed by atoms with Gasteiger partial charge in [0.25, 0.3) is 5.56 Å². The van der Waals surface area contributed by atoms with Crippen LogP contribution in [-0.2, 0) is 14.6 Å². The summed E-state index contributed by atoms with van der Waals surface area (Å²) in [6.07, 6.45) is 3.37. The molecule has 3 aromatic rings. The smallest absolute Gasteiger partial charge is 0.292 e. The summed E-state index contributed by atoms with van der Waals surface area (Å²) >= 11 is 6.17. The third-order valence-corrected chi connectivity index (χ3v) is 7.20. The number of hydrogen-bond acceptors (Lipinski definition) is 7. The molecule has 1 fully saturated rings. The molecule has 1 aromatic carbocycles. The van der Waals surface area contributed by atoms with E-state index in [9.17, 15) is 22.0 Å². The second-order valence-electron chi connectivity index (χ2n) is 7.56. The Hall–Kier alpha value is -2.89. The summed E-state index contributed by atoms with van der Waals surface area (Å²) in [7, 11) is -3.97. The fourth-order valence-corrected chi connectivity index (χ4v) is 4.71. The van der Waals surface area contributed by atoms with Gasteiger partial charge in [-0.1, -0.05) is 11.6 Å². The van der Waals surface area contributed by atoms with Crippen molar-refractivity contribution in [3.05, 3.63) is 70.0 Å². The van der Waals surface area contributed by atoms with Crippen molar-refractivity contribution >= 4 is 27.1 Å². The standard InChI is InChI=1S/C21H19ClF2N4O4S/c22-19-17(26-12-21(24)8-1-9-32-13-21)11-27-28(20(19)29)15-4-7-18(25-10-15)33(30,31)16-5-2-14(23)3-6-16/h2-7,10-11,26H,1,8-9,12-13H2/t21-/m0/s1. The third-order valence-electron chi connectivity index (χ3n) is 5.15. The molecule has 1 aliphatic rings. The first-order valence-electron chi connectivity index (χ1n) is 9.95. The molecular formula is C21H19ClF2N4O4S. The van der Waals surface area contributed by atoms with Crippen molar-refractivity contribution in [3.63, 3.8) is 0 Å². The molecular weight excluding hydrogens is 478 g/mol. The van der Waals surface area contributed by atoms with E-state index in [-0.39, 0.29) is 39.5 Å². The number of benzene rings is 1. The highest BCUT2D eigenvalue weighted by molar-refractivity contribution is 7.91. The Morgan fingerprint density at radius 2 is 1.94 bits per heavy atom. The highest BCUT2D eigenvalue weighted by Gasteiger charge is 2.32. The number of alkyl halides is 1. The maximum absolute atomic E-state index is 14.7. The van der Waals surface area contributed by atoms with Crippen molar-refractivity contribution in [2.45, 2.75) is 28.4 Å². The predicted molar refractivity (Wildman–Crippen MR) is 117 cm³/mol. The third kappa shape index (κ3) is 4.90. The normalized spacial score (nSPS) is 18.8. The minimum Gasteiger partial charge on any atom is -0.379 e. The molecule has 33 heavy (non-hydrogen) atoms. The molecule has 0 radical (unpaired) electrons. The zero-order valence-electron chi connectivity index (χ0n) is 17.2. The van der Waals surface area contributed by atoms with Crippen molar-refractivity contribution in [3.8, 4) is 5.69 Å². The predicted octanol–water partition coefficient (Wildman–Crippen LogP) is 3.18. The number of ether oxygens (including phenoxy) is 1. The van der Waals surface area contributed by atoms with Gasteiger partial charge in [-0.05, 0) is 49.2 Å². The molecule has 0 spiro atoms. The molecule has 3 heterocycles. The number of nitrogens with one attached hydrogen (secondary N) is 1. The van der Waals surface area contributed by atoms with E-state index in [1.807, 2.05) is 0 Å². The molecule has 8 nitrogen and oxygen atoms in total. The van der Waals surface area contributed by atoms with Gasteiger partial charge >= 0.3 is 0 Å². The maximum atomic E-state index is 14.7. The van der Waals surface area contributed by atoms with Crippen LogP contribution in [0, 0.1) is 5.82 Å². The van der Waals surface area contributed by atoms with Crippen LogP contribution in [0.4, 0.5) is 14.5 Å². The van der Waals surface area contributed by atoms with Crippen molar-refractivity contribution in [1.82, 2.24) is 14.8 Å². The number of hydrogen-bond donors (Lipinski definition) is 1. The van der Waals surface area contributed by atoms with Gasteiger partial charge in [0, 0.05) is 6.61 Å². The second kappa shape index (κ2) is 9.16. The Bertz CT molecular complexity index is 1310. The molecule has 1 aliphatic heterocycles. The van der Waals surface area contributed by atoms with Gasteiger partial charge in [-0.2, -0.15) is 9.78 Å². The number of anilines is 1. The van der Waals surface area contributed by atoms with Gasteiger partial charge in [-0.15, -0.1) is 0 Å². The lowest BCUT2D eigenvalue weighted by atomic mass is 9.99. The summed E-state index contributed by atoms with van der Waals surface area (Å²) in [6.45, 7) is 0.387. The number of rotatable bonds is 6. The lowest BCUT2D eigenvalue weighted by Gasteiger charge is -2.29. The number of sulfone groups is 1. The Morgan fingerprint density at radius 3 is 2.58 bits per heavy atom. The van der Waals surface area contributed by atoms with Crippen LogP contribution in [-0.4, -0.2) is 48.6 Å². The Kier molecular flexibility index (Phi) is 6.46. The Balaban J connectivity index is 1.55. The molecule has 12 heteroatoms. The van der Waals surface area contributed by atoms with E-state index < -0.39 is 26.9 Å². The van der Waals surface area contributed by atoms with Gasteiger partial charge in [0.1, 0.15) is 10.8 Å². The first-order chi connectivity index (χ1) is 15.7. The minimum absolute atomic E-state index is 0.0407. The zero-order valence-corrected chi connectivity index (χ0v) is 18.7. The Morgan fingerprint density at radius 1 is 1.18 bits per heavy atom. The van der Waals surface area contributed by atoms with Gasteiger partial charge in [0.15, 0.2) is 10.7 Å². The van der Waals surface area contributed by atoms with Crippen LogP contribution in [0.25, 0.3) is 5.69 Å². The quantitative estimate of drug-likeness (QED) is 0.523. The van der Waals surface area contributed by atoms with Gasteiger partial charge in [-0.25, -0.2) is 22.2 Å². The molecule has 0 amide bonds. The van der Waals surface area contributed by atoms with Gasteiger partial charge < -0.3 is 10.1 Å². The minimum atomic E-state index is -3.97. The molecule has 4 rings (SSSR count). The SMILES string of the molecule is O=c1c(Cl)c(NC[C@@]2(F)CCCOC2)cnn1-c1ccc(S(=O)(=O)c2ccc(F)cc2)nc1. The summed E-state index contributed by atoms with van der Waals surface area (Å²) in [4.78, 5) is 16.5. The largest absolute Gasteiger partial charge is 0.379 e. The molecule has 2 aromatic heterocycles. The van der Waals surface area contributed by atoms with E-state index in [2.05, 4.69) is 15.4 Å². The van der Waals surface area contributed by atoms with Crippen LogP contribution < -0.4 is 10.9 Å². The van der Waals surface area contributed by atoms with Crippen LogP contribution in [0.2, 0.25) is 5.02 Å². The number of nitrogens with zero attached hydrogens (tertiary/aromatic N) is 3. The van der Waals surface area contributed by atoms with E-state index in [0.29, 0.717) is 19.4 Å². The molecule has 1 N–H and O–H groups in total. The van der Waals surface area contributed by atoms with Crippen molar-refractivity contribution in [2.24, 2.45) is 0 Å². The van der Waals surface area contributed by atoms with Crippen LogP contribution in [0.15, 0.2) is 63.5 Å². The number of pyridine rings is 1. The second-order valence-corrected chi connectivity index (χ2v) is 9.84. The van der Waals surface area contributed by atoms with Gasteiger partial charge in [0.05, 0.1) is 41.8 Å². The monoisotopic (exact) mass is 496 g/mol. The molecule has 1 atom stereocenters. The van der Waals surface area contributed by atoms with Gasteiger partial charge in [0.2, 0.25) is 9.84 Å². The van der Waals surface area contributed by atoms with Crippen LogP contribution in [0.5, 0.6) is 0 Å². The van der Waals surface area contributed by atoms with Crippen molar-refractivity contribution in [2.75, 3.05) is 25.1 Å². The van der Waals surface area contributed by atoms with Crippen molar-refractivity contribution in [1.29, 1.82) is 0 Å². The summed E-state index contributed by atoms with van der Waals surface area (Å²) in [5.74, 6) is -0.564. The first kappa shape index (κ1) is 23.3. The van der Waals surface area contributed by atoms with Crippen molar-refractivity contribution < 1.29 is 21.9 Å². The lowest BCUT2D eigenvalue weighted by molar-refractivity contribution is -0.0234. The molecule has 1 saturated heterocycles. The maximum Gasteiger partial charge on any atom is 0.292 e. The van der Waals surface area contributed by atoms with E-state index in [0.717, 1.165) is 35.1 Å². The Labute approximate surface area is 193 Å². The first-order valence-corrected chi connectivity index (χ1v) is 11.8. The lowest BCUT2D eigenvalue weighted by Crippen LogP contribution is -2.40. The zero-order chi connectivity index (χ0) is 23.6. The fourth-order valence-electron chi connectivity index (χ4n) is 3.34.